The summed E-state index contributed by atoms with van der Waals surface area (Å²) in [7, 11) is 1.59. The molecule has 0 aliphatic rings. The van der Waals surface area contributed by atoms with Crippen LogP contribution in [0, 0.1) is 0 Å². The van der Waals surface area contributed by atoms with Crippen molar-refractivity contribution in [3.63, 3.8) is 0 Å². The van der Waals surface area contributed by atoms with E-state index in [0.29, 0.717) is 0 Å². The van der Waals surface area contributed by atoms with Gasteiger partial charge in [-0.15, -0.1) is 0 Å². The van der Waals surface area contributed by atoms with Crippen LogP contribution in [0.1, 0.15) is 16.2 Å². The van der Waals surface area contributed by atoms with Crippen LogP contribution in [0.25, 0.3) is 0 Å². The molecule has 5 nitrogen and oxygen atoms in total. The van der Waals surface area contributed by atoms with Crippen molar-refractivity contribution in [2.75, 3.05) is 7.11 Å². The number of hydrogen-bond donors (Lipinski definition) is 1. The molecular weight excluding hydrogens is 206 g/mol. The minimum absolute atomic E-state index is 0.0919. The number of carbonyl (C=O) groups is 1. The van der Waals surface area contributed by atoms with E-state index in [2.05, 4.69) is 15.2 Å². The molecule has 1 aromatic heterocycles. The smallest absolute Gasteiger partial charge is 0.203 e. The van der Waals surface area contributed by atoms with E-state index < -0.39 is 0 Å². The van der Waals surface area contributed by atoms with E-state index in [1.807, 2.05) is 24.3 Å². The molecule has 0 aliphatic carbocycles. The van der Waals surface area contributed by atoms with Gasteiger partial charge in [0.25, 0.3) is 0 Å². The van der Waals surface area contributed by atoms with Crippen molar-refractivity contribution < 1.29 is 9.53 Å². The largest absolute Gasteiger partial charge is 0.497 e. The van der Waals surface area contributed by atoms with Gasteiger partial charge in [0.05, 0.1) is 7.11 Å². The maximum Gasteiger partial charge on any atom is 0.203 e. The quantitative estimate of drug-likeness (QED) is 0.782. The topological polar surface area (TPSA) is 67.9 Å². The Morgan fingerprint density at radius 1 is 1.50 bits per heavy atom. The van der Waals surface area contributed by atoms with E-state index in [0.717, 1.165) is 11.3 Å². The van der Waals surface area contributed by atoms with E-state index >= 15 is 0 Å². The van der Waals surface area contributed by atoms with Gasteiger partial charge in [-0.25, -0.2) is 4.98 Å². The molecule has 1 N–H and O–H groups in total. The molecule has 82 valence electrons. The fraction of sp³-hybridized carbons (Fsp3) is 0.182. The highest BCUT2D eigenvalue weighted by atomic mass is 16.5. The highest BCUT2D eigenvalue weighted by Crippen LogP contribution is 2.13. The molecule has 0 amide bonds. The number of hydrogen-bond acceptors (Lipinski definition) is 4. The Kier molecular flexibility index (Phi) is 2.95. The van der Waals surface area contributed by atoms with Crippen molar-refractivity contribution in [2.24, 2.45) is 0 Å². The zero-order valence-electron chi connectivity index (χ0n) is 8.80. The van der Waals surface area contributed by atoms with Gasteiger partial charge in [0.15, 0.2) is 5.82 Å². The molecule has 0 saturated heterocycles. The van der Waals surface area contributed by atoms with E-state index in [1.54, 1.807) is 7.11 Å². The first-order valence-corrected chi connectivity index (χ1v) is 4.81. The lowest BCUT2D eigenvalue weighted by molar-refractivity contribution is 0.0983. The molecule has 0 unspecified atom stereocenters. The number of aromatic amines is 1. The van der Waals surface area contributed by atoms with Crippen LogP contribution < -0.4 is 4.74 Å². The van der Waals surface area contributed by atoms with Gasteiger partial charge in [-0.1, -0.05) is 12.1 Å². The molecule has 0 atom stereocenters. The van der Waals surface area contributed by atoms with Crippen molar-refractivity contribution in [3.05, 3.63) is 42.0 Å². The monoisotopic (exact) mass is 217 g/mol. The second-order valence-electron chi connectivity index (χ2n) is 3.29. The number of nitrogens with one attached hydrogen (secondary N) is 1. The molecule has 0 aliphatic heterocycles. The molecule has 0 bridgehead atoms. The van der Waals surface area contributed by atoms with E-state index in [4.69, 9.17) is 4.74 Å². The Morgan fingerprint density at radius 3 is 3.06 bits per heavy atom. The first-order chi connectivity index (χ1) is 7.79. The van der Waals surface area contributed by atoms with Crippen LogP contribution in [0.5, 0.6) is 5.75 Å². The fourth-order valence-electron chi connectivity index (χ4n) is 1.39. The van der Waals surface area contributed by atoms with Gasteiger partial charge in [0.2, 0.25) is 5.78 Å². The van der Waals surface area contributed by atoms with Gasteiger partial charge in [0, 0.05) is 6.42 Å². The Balaban J connectivity index is 2.12. The Bertz CT molecular complexity index is 480. The molecule has 16 heavy (non-hydrogen) atoms. The zero-order valence-corrected chi connectivity index (χ0v) is 8.80. The summed E-state index contributed by atoms with van der Waals surface area (Å²) in [6.07, 6.45) is 1.60. The van der Waals surface area contributed by atoms with Crippen LogP contribution in [0.4, 0.5) is 0 Å². The minimum atomic E-state index is -0.0919. The summed E-state index contributed by atoms with van der Waals surface area (Å²) in [6.45, 7) is 0. The van der Waals surface area contributed by atoms with Crippen molar-refractivity contribution >= 4 is 5.78 Å². The molecule has 2 rings (SSSR count). The van der Waals surface area contributed by atoms with Gasteiger partial charge < -0.3 is 4.74 Å². The number of ketones is 1. The fourth-order valence-corrected chi connectivity index (χ4v) is 1.39. The summed E-state index contributed by atoms with van der Waals surface area (Å²) in [6, 6.07) is 7.38. The van der Waals surface area contributed by atoms with Crippen molar-refractivity contribution in [1.29, 1.82) is 0 Å². The van der Waals surface area contributed by atoms with Crippen molar-refractivity contribution in [2.45, 2.75) is 6.42 Å². The van der Waals surface area contributed by atoms with Crippen molar-refractivity contribution in [1.82, 2.24) is 15.2 Å². The van der Waals surface area contributed by atoms with Crippen LogP contribution in [-0.2, 0) is 6.42 Å². The zero-order chi connectivity index (χ0) is 11.4. The lowest BCUT2D eigenvalue weighted by Gasteiger charge is -2.02. The number of methoxy groups -OCH3 is 1. The number of benzene rings is 1. The number of rotatable bonds is 4. The minimum Gasteiger partial charge on any atom is -0.497 e. The van der Waals surface area contributed by atoms with E-state index in [1.165, 1.54) is 6.33 Å². The Hall–Kier alpha value is -2.17. The normalized spacial score (nSPS) is 10.1. The number of H-pyrrole nitrogens is 1. The number of Topliss-reactive ketones (excluding diaryl/α,β-unsaturated/α-hetero) is 1. The summed E-state index contributed by atoms with van der Waals surface area (Å²) >= 11 is 0. The molecular formula is C11H11N3O2. The summed E-state index contributed by atoms with van der Waals surface area (Å²) in [5, 5.41) is 6.18. The lowest BCUT2D eigenvalue weighted by Crippen LogP contribution is -2.05. The predicted molar refractivity (Wildman–Crippen MR) is 57.4 cm³/mol. The third kappa shape index (κ3) is 2.25. The maximum atomic E-state index is 11.7. The van der Waals surface area contributed by atoms with Crippen LogP contribution in [0.2, 0.25) is 0 Å². The van der Waals surface area contributed by atoms with E-state index in [-0.39, 0.29) is 18.0 Å². The SMILES string of the molecule is COc1cccc(CC(=O)c2ncn[nH]2)c1. The Labute approximate surface area is 92.5 Å². The van der Waals surface area contributed by atoms with Gasteiger partial charge in [-0.3, -0.25) is 9.89 Å². The second-order valence-corrected chi connectivity index (χ2v) is 3.29. The highest BCUT2D eigenvalue weighted by molar-refractivity contribution is 5.93. The molecule has 1 aromatic carbocycles. The number of aromatic nitrogens is 3. The molecule has 0 radical (unpaired) electrons. The third-order valence-corrected chi connectivity index (χ3v) is 2.18. The summed E-state index contributed by atoms with van der Waals surface area (Å²) in [5.41, 5.74) is 0.890. The van der Waals surface area contributed by atoms with Crippen molar-refractivity contribution in [3.8, 4) is 5.75 Å². The standard InChI is InChI=1S/C11H11N3O2/c1-16-9-4-2-3-8(5-9)6-10(15)11-12-7-13-14-11/h2-5,7H,6H2,1H3,(H,12,13,14). The molecule has 2 aromatic rings. The molecule has 1 heterocycles. The lowest BCUT2D eigenvalue weighted by atomic mass is 10.1. The van der Waals surface area contributed by atoms with Crippen LogP contribution in [0.15, 0.2) is 30.6 Å². The number of carbonyl (C=O) groups excluding carboxylic acids is 1. The summed E-state index contributed by atoms with van der Waals surface area (Å²) in [5.74, 6) is 0.927. The number of nitrogens with zero attached hydrogens (tertiary/aromatic N) is 2. The molecule has 0 spiro atoms. The molecule has 0 saturated carbocycles. The van der Waals surface area contributed by atoms with Crippen LogP contribution >= 0.6 is 0 Å². The highest BCUT2D eigenvalue weighted by Gasteiger charge is 2.09. The third-order valence-electron chi connectivity index (χ3n) is 2.18. The first-order valence-electron chi connectivity index (χ1n) is 4.81. The van der Waals surface area contributed by atoms with Gasteiger partial charge in [-0.2, -0.15) is 5.10 Å². The number of ether oxygens (including phenoxy) is 1. The summed E-state index contributed by atoms with van der Waals surface area (Å²) < 4.78 is 5.08. The summed E-state index contributed by atoms with van der Waals surface area (Å²) in [4.78, 5) is 15.5. The average Bonchev–Trinajstić information content (AvgIpc) is 2.83. The average molecular weight is 217 g/mol. The van der Waals surface area contributed by atoms with Gasteiger partial charge in [-0.05, 0) is 17.7 Å². The van der Waals surface area contributed by atoms with Crippen LogP contribution in [0.3, 0.4) is 0 Å². The molecule has 0 fully saturated rings. The second kappa shape index (κ2) is 4.57. The maximum absolute atomic E-state index is 11.7. The van der Waals surface area contributed by atoms with E-state index in [9.17, 15) is 4.79 Å². The first kappa shape index (κ1) is 10.4. The van der Waals surface area contributed by atoms with Crippen LogP contribution in [-0.4, -0.2) is 28.1 Å². The van der Waals surface area contributed by atoms with Gasteiger partial charge >= 0.3 is 0 Å². The van der Waals surface area contributed by atoms with Gasteiger partial charge in [0.1, 0.15) is 12.1 Å². The predicted octanol–water partition coefficient (Wildman–Crippen LogP) is 1.24. The Morgan fingerprint density at radius 2 is 2.38 bits per heavy atom. The molecule has 5 heteroatoms.